The zero-order valence-electron chi connectivity index (χ0n) is 17.6. The zero-order valence-corrected chi connectivity index (χ0v) is 18.4. The lowest BCUT2D eigenvalue weighted by Gasteiger charge is -2.31. The number of rotatable bonds is 6. The van der Waals surface area contributed by atoms with Crippen LogP contribution in [0, 0.1) is 33.4 Å². The van der Waals surface area contributed by atoms with Crippen LogP contribution >= 0.6 is 0 Å². The van der Waals surface area contributed by atoms with Crippen molar-refractivity contribution in [1.29, 1.82) is 10.0 Å². The van der Waals surface area contributed by atoms with Crippen molar-refractivity contribution in [1.82, 2.24) is 4.98 Å². The van der Waals surface area contributed by atoms with Gasteiger partial charge >= 0.3 is 6.18 Å². The molecule has 2 aromatic rings. The molecule has 0 radical (unpaired) electrons. The van der Waals surface area contributed by atoms with Crippen LogP contribution in [0.15, 0.2) is 41.4 Å². The van der Waals surface area contributed by atoms with Gasteiger partial charge in [-0.3, -0.25) is 4.79 Å². The number of nitrogens with zero attached hydrogens (tertiary/aromatic N) is 2. The standard InChI is InChI=1S/C22H21F3N4O3S/c1-33(27,31)17-4-2-3-16(6-17)29-19(30)18-5-15(22(23,24)25)10-28-20(18)32-11-14-9-21(12-26)7-13(14)8-21/h2-6,10,13-14,27H,7-9,11H2,1H3,(H,29,30)/t13?,14-,21?,33?/m0/s1. The summed E-state index contributed by atoms with van der Waals surface area (Å²) in [5.41, 5.74) is -1.63. The topological polar surface area (TPSA) is 116 Å². The van der Waals surface area contributed by atoms with Crippen LogP contribution in [0.2, 0.25) is 0 Å². The van der Waals surface area contributed by atoms with E-state index in [1.165, 1.54) is 30.5 Å². The highest BCUT2D eigenvalue weighted by Crippen LogP contribution is 2.61. The number of benzene rings is 1. The Balaban J connectivity index is 1.57. The Bertz CT molecular complexity index is 1250. The van der Waals surface area contributed by atoms with Crippen molar-refractivity contribution < 1.29 is 26.9 Å². The van der Waals surface area contributed by atoms with Gasteiger partial charge in [-0.25, -0.2) is 14.0 Å². The number of fused-ring (bicyclic) bond motifs is 1. The lowest BCUT2D eigenvalue weighted by atomic mass is 9.70. The molecule has 33 heavy (non-hydrogen) atoms. The molecular weight excluding hydrogens is 457 g/mol. The van der Waals surface area contributed by atoms with Gasteiger partial charge in [-0.05, 0) is 55.4 Å². The van der Waals surface area contributed by atoms with Gasteiger partial charge in [-0.2, -0.15) is 18.4 Å². The normalized spacial score (nSPS) is 25.4. The first-order chi connectivity index (χ1) is 15.4. The molecule has 2 atom stereocenters. The first-order valence-corrected chi connectivity index (χ1v) is 12.1. The Kier molecular flexibility index (Phi) is 5.60. The summed E-state index contributed by atoms with van der Waals surface area (Å²) in [6.45, 7) is 0.152. The first-order valence-electron chi connectivity index (χ1n) is 10.2. The zero-order chi connectivity index (χ0) is 24.0. The smallest absolute Gasteiger partial charge is 0.417 e. The number of alkyl halides is 3. The van der Waals surface area contributed by atoms with Crippen LogP contribution in [0.1, 0.15) is 35.2 Å². The molecule has 3 saturated carbocycles. The summed E-state index contributed by atoms with van der Waals surface area (Å²) in [5, 5.41) is 11.8. The molecule has 0 saturated heterocycles. The van der Waals surface area contributed by atoms with Crippen molar-refractivity contribution in [2.75, 3.05) is 18.2 Å². The SMILES string of the molecule is CS(=N)(=O)c1cccc(NC(=O)c2cc(C(F)(F)F)cnc2OC[C@@H]2CC3(C#N)CC2C3)c1. The summed E-state index contributed by atoms with van der Waals surface area (Å²) in [4.78, 5) is 16.8. The Labute approximate surface area is 188 Å². The molecule has 1 aromatic heterocycles. The molecule has 174 valence electrons. The summed E-state index contributed by atoms with van der Waals surface area (Å²) >= 11 is 0. The molecule has 1 amide bonds. The number of nitrogens with one attached hydrogen (secondary N) is 2. The Morgan fingerprint density at radius 2 is 2.09 bits per heavy atom. The van der Waals surface area contributed by atoms with E-state index >= 15 is 0 Å². The summed E-state index contributed by atoms with van der Waals surface area (Å²) in [5.74, 6) is -0.701. The molecule has 2 bridgehead atoms. The van der Waals surface area contributed by atoms with Gasteiger partial charge in [-0.15, -0.1) is 0 Å². The van der Waals surface area contributed by atoms with Crippen molar-refractivity contribution in [3.63, 3.8) is 0 Å². The number of halogens is 3. The van der Waals surface area contributed by atoms with E-state index in [4.69, 9.17) is 9.52 Å². The minimum Gasteiger partial charge on any atom is -0.477 e. The fraction of sp³-hybridized carbons (Fsp3) is 0.409. The van der Waals surface area contributed by atoms with Crippen molar-refractivity contribution in [2.45, 2.75) is 30.3 Å². The number of nitriles is 1. The number of hydrogen-bond donors (Lipinski definition) is 2. The molecule has 3 aliphatic carbocycles. The second kappa shape index (κ2) is 8.02. The van der Waals surface area contributed by atoms with E-state index in [1.54, 1.807) is 0 Å². The minimum atomic E-state index is -4.70. The number of carbonyl (C=O) groups is 1. The summed E-state index contributed by atoms with van der Waals surface area (Å²) < 4.78 is 65.1. The van der Waals surface area contributed by atoms with Crippen molar-refractivity contribution >= 4 is 21.3 Å². The molecule has 0 aliphatic heterocycles. The summed E-state index contributed by atoms with van der Waals surface area (Å²) in [6.07, 6.45) is -0.626. The molecule has 2 N–H and O–H groups in total. The number of anilines is 1. The van der Waals surface area contributed by atoms with E-state index in [1.807, 2.05) is 0 Å². The fourth-order valence-electron chi connectivity index (χ4n) is 4.53. The van der Waals surface area contributed by atoms with Crippen LogP contribution in [0.25, 0.3) is 0 Å². The van der Waals surface area contributed by atoms with Gasteiger partial charge < -0.3 is 10.1 Å². The van der Waals surface area contributed by atoms with Gasteiger partial charge in [0.2, 0.25) is 5.88 Å². The van der Waals surface area contributed by atoms with Gasteiger partial charge in [-0.1, -0.05) is 6.07 Å². The van der Waals surface area contributed by atoms with Crippen LogP contribution in [-0.2, 0) is 15.9 Å². The number of ether oxygens (including phenoxy) is 1. The predicted molar refractivity (Wildman–Crippen MR) is 113 cm³/mol. The third-order valence-corrected chi connectivity index (χ3v) is 7.42. The van der Waals surface area contributed by atoms with Crippen molar-refractivity contribution in [3.8, 4) is 11.9 Å². The van der Waals surface area contributed by atoms with Gasteiger partial charge in [0.15, 0.2) is 0 Å². The molecular formula is C22H21F3N4O3S. The molecule has 3 fully saturated rings. The highest BCUT2D eigenvalue weighted by molar-refractivity contribution is 7.91. The third kappa shape index (κ3) is 4.66. The Morgan fingerprint density at radius 3 is 2.70 bits per heavy atom. The maximum atomic E-state index is 13.2. The van der Waals surface area contributed by atoms with E-state index in [0.717, 1.165) is 12.8 Å². The second-order valence-electron chi connectivity index (χ2n) is 8.74. The van der Waals surface area contributed by atoms with Crippen molar-refractivity contribution in [3.05, 3.63) is 47.7 Å². The quantitative estimate of drug-likeness (QED) is 0.624. The lowest BCUT2D eigenvalue weighted by molar-refractivity contribution is -0.137. The molecule has 11 heteroatoms. The molecule has 1 aromatic carbocycles. The lowest BCUT2D eigenvalue weighted by Crippen LogP contribution is -2.27. The molecule has 0 spiro atoms. The first kappa shape index (κ1) is 23.0. The van der Waals surface area contributed by atoms with Crippen LogP contribution in [0.3, 0.4) is 0 Å². The van der Waals surface area contributed by atoms with Gasteiger partial charge in [0.1, 0.15) is 5.56 Å². The number of aromatic nitrogens is 1. The molecule has 7 nitrogen and oxygen atoms in total. The van der Waals surface area contributed by atoms with E-state index in [0.29, 0.717) is 24.6 Å². The fourth-order valence-corrected chi connectivity index (χ4v) is 5.22. The van der Waals surface area contributed by atoms with Gasteiger partial charge in [0.05, 0.1) is 33.4 Å². The predicted octanol–water partition coefficient (Wildman–Crippen LogP) is 4.71. The van der Waals surface area contributed by atoms with Crippen LogP contribution in [0.5, 0.6) is 5.88 Å². The van der Waals surface area contributed by atoms with Gasteiger partial charge in [0.25, 0.3) is 5.91 Å². The monoisotopic (exact) mass is 478 g/mol. The molecule has 1 heterocycles. The summed E-state index contributed by atoms with van der Waals surface area (Å²) in [6, 6.07) is 8.78. The molecule has 5 rings (SSSR count). The van der Waals surface area contributed by atoms with Crippen LogP contribution in [0.4, 0.5) is 18.9 Å². The number of amides is 1. The number of carbonyl (C=O) groups excluding carboxylic acids is 1. The van der Waals surface area contributed by atoms with E-state index < -0.39 is 32.9 Å². The third-order valence-electron chi connectivity index (χ3n) is 6.26. The maximum Gasteiger partial charge on any atom is 0.417 e. The maximum absolute atomic E-state index is 13.2. The van der Waals surface area contributed by atoms with Gasteiger partial charge in [0, 0.05) is 23.0 Å². The van der Waals surface area contributed by atoms with E-state index in [2.05, 4.69) is 16.4 Å². The van der Waals surface area contributed by atoms with Crippen LogP contribution in [-0.4, -0.2) is 28.0 Å². The Morgan fingerprint density at radius 1 is 1.36 bits per heavy atom. The molecule has 1 unspecified atom stereocenters. The highest BCUT2D eigenvalue weighted by atomic mass is 32.2. The minimum absolute atomic E-state index is 0.0797. The summed E-state index contributed by atoms with van der Waals surface area (Å²) in [7, 11) is -3.05. The van der Waals surface area contributed by atoms with Crippen LogP contribution < -0.4 is 10.1 Å². The van der Waals surface area contributed by atoms with E-state index in [-0.39, 0.29) is 34.4 Å². The highest BCUT2D eigenvalue weighted by Gasteiger charge is 2.56. The van der Waals surface area contributed by atoms with E-state index in [9.17, 15) is 27.4 Å². The average molecular weight is 478 g/mol. The van der Waals surface area contributed by atoms with Crippen molar-refractivity contribution in [2.24, 2.45) is 17.3 Å². The number of pyridine rings is 1. The number of hydrogen-bond acceptors (Lipinski definition) is 6. The largest absolute Gasteiger partial charge is 0.477 e. The average Bonchev–Trinajstić information content (AvgIpc) is 3.26. The second-order valence-corrected chi connectivity index (χ2v) is 10.9. The molecule has 3 aliphatic rings. The Hall–Kier alpha value is -3.13.